The quantitative estimate of drug-likeness (QED) is 0.802. The van der Waals surface area contributed by atoms with Gasteiger partial charge in [-0.1, -0.05) is 12.1 Å². The summed E-state index contributed by atoms with van der Waals surface area (Å²) < 4.78 is 13.3. The molecule has 1 aliphatic rings. The van der Waals surface area contributed by atoms with Crippen LogP contribution in [0, 0.1) is 11.7 Å². The van der Waals surface area contributed by atoms with Crippen LogP contribution in [-0.2, 0) is 4.79 Å². The first-order chi connectivity index (χ1) is 8.66. The summed E-state index contributed by atoms with van der Waals surface area (Å²) in [5, 5.41) is 3.00. The number of amides is 1. The van der Waals surface area contributed by atoms with Gasteiger partial charge in [-0.15, -0.1) is 11.8 Å². The molecule has 0 aromatic heterocycles. The normalized spacial score (nSPS) is 16.3. The number of thioether (sulfide) groups is 1. The number of hydrogen-bond donors (Lipinski definition) is 1. The van der Waals surface area contributed by atoms with Crippen LogP contribution in [0.5, 0.6) is 0 Å². The average molecular weight is 267 g/mol. The summed E-state index contributed by atoms with van der Waals surface area (Å²) in [7, 11) is 0. The van der Waals surface area contributed by atoms with Crippen molar-refractivity contribution in [3.63, 3.8) is 0 Å². The molecule has 0 spiro atoms. The van der Waals surface area contributed by atoms with E-state index in [9.17, 15) is 9.18 Å². The van der Waals surface area contributed by atoms with Crippen LogP contribution < -0.4 is 5.32 Å². The van der Waals surface area contributed by atoms with Crippen LogP contribution in [0.2, 0.25) is 0 Å². The molecule has 4 heteroatoms. The third-order valence-electron chi connectivity index (χ3n) is 3.14. The van der Waals surface area contributed by atoms with E-state index >= 15 is 0 Å². The number of hydrogen-bond acceptors (Lipinski definition) is 2. The average Bonchev–Trinajstić information content (AvgIpc) is 3.15. The second kappa shape index (κ2) is 6.23. The van der Waals surface area contributed by atoms with Crippen molar-refractivity contribution in [1.82, 2.24) is 5.32 Å². The smallest absolute Gasteiger partial charge is 0.221 e. The Hall–Kier alpha value is -1.03. The highest BCUT2D eigenvalue weighted by Gasteiger charge is 2.28. The molecule has 0 radical (unpaired) electrons. The van der Waals surface area contributed by atoms with Gasteiger partial charge in [-0.3, -0.25) is 4.79 Å². The monoisotopic (exact) mass is 267 g/mol. The van der Waals surface area contributed by atoms with Crippen molar-refractivity contribution < 1.29 is 9.18 Å². The predicted molar refractivity (Wildman–Crippen MR) is 72.1 cm³/mol. The molecule has 1 aliphatic carbocycles. The molecule has 1 N–H and O–H groups in total. The number of carbonyl (C=O) groups is 1. The van der Waals surface area contributed by atoms with Crippen LogP contribution in [0.15, 0.2) is 29.2 Å². The van der Waals surface area contributed by atoms with Gasteiger partial charge in [-0.05, 0) is 37.8 Å². The minimum Gasteiger partial charge on any atom is -0.353 e. The molecule has 1 amide bonds. The van der Waals surface area contributed by atoms with Gasteiger partial charge in [0, 0.05) is 23.1 Å². The van der Waals surface area contributed by atoms with Crippen molar-refractivity contribution in [3.05, 3.63) is 30.1 Å². The Morgan fingerprint density at radius 2 is 2.22 bits per heavy atom. The number of halogens is 1. The molecule has 0 heterocycles. The zero-order valence-corrected chi connectivity index (χ0v) is 11.3. The van der Waals surface area contributed by atoms with E-state index in [1.165, 1.54) is 30.7 Å². The summed E-state index contributed by atoms with van der Waals surface area (Å²) in [6, 6.07) is 6.95. The maximum absolute atomic E-state index is 13.3. The van der Waals surface area contributed by atoms with Gasteiger partial charge in [0.1, 0.15) is 5.82 Å². The molecule has 1 fully saturated rings. The Bertz CT molecular complexity index is 420. The van der Waals surface area contributed by atoms with Gasteiger partial charge in [0.05, 0.1) is 0 Å². The minimum absolute atomic E-state index is 0.0678. The van der Waals surface area contributed by atoms with Gasteiger partial charge >= 0.3 is 0 Å². The molecule has 18 heavy (non-hydrogen) atoms. The zero-order valence-electron chi connectivity index (χ0n) is 10.5. The van der Waals surface area contributed by atoms with Crippen molar-refractivity contribution in [1.29, 1.82) is 0 Å². The highest BCUT2D eigenvalue weighted by atomic mass is 32.2. The predicted octanol–water partition coefficient (Wildman–Crippen LogP) is 3.22. The third kappa shape index (κ3) is 4.02. The Labute approximate surface area is 111 Å². The van der Waals surface area contributed by atoms with E-state index in [4.69, 9.17) is 0 Å². The Balaban J connectivity index is 1.68. The minimum atomic E-state index is -0.214. The lowest BCUT2D eigenvalue weighted by Crippen LogP contribution is -2.34. The van der Waals surface area contributed by atoms with E-state index in [1.807, 2.05) is 0 Å². The third-order valence-corrected chi connectivity index (χ3v) is 4.19. The van der Waals surface area contributed by atoms with Gasteiger partial charge < -0.3 is 5.32 Å². The molecule has 1 aromatic rings. The molecule has 2 nitrogen and oxygen atoms in total. The largest absolute Gasteiger partial charge is 0.353 e. The molecule has 1 unspecified atom stereocenters. The van der Waals surface area contributed by atoms with E-state index < -0.39 is 0 Å². The first-order valence-corrected chi connectivity index (χ1v) is 7.32. The molecule has 1 saturated carbocycles. The summed E-state index contributed by atoms with van der Waals surface area (Å²) in [5.74, 6) is 1.14. The molecule has 1 atom stereocenters. The fraction of sp³-hybridized carbons (Fsp3) is 0.500. The Morgan fingerprint density at radius 1 is 1.50 bits per heavy atom. The molecular formula is C14H18FNOS. The standard InChI is InChI=1S/C14H18FNOS/c1-10(11-6-7-11)16-14(17)8-9-18-13-5-3-2-4-12(13)15/h2-5,10-11H,6-9H2,1H3,(H,16,17). The van der Waals surface area contributed by atoms with Gasteiger partial charge in [0.2, 0.25) is 5.91 Å². The van der Waals surface area contributed by atoms with E-state index in [0.29, 0.717) is 23.0 Å². The fourth-order valence-corrected chi connectivity index (χ4v) is 2.74. The number of rotatable bonds is 6. The first-order valence-electron chi connectivity index (χ1n) is 6.33. The number of carbonyl (C=O) groups excluding carboxylic acids is 1. The van der Waals surface area contributed by atoms with E-state index in [0.717, 1.165) is 0 Å². The maximum Gasteiger partial charge on any atom is 0.221 e. The lowest BCUT2D eigenvalue weighted by Gasteiger charge is -2.12. The van der Waals surface area contributed by atoms with Crippen LogP contribution in [0.25, 0.3) is 0 Å². The number of nitrogens with one attached hydrogen (secondary N) is 1. The van der Waals surface area contributed by atoms with E-state index in [1.54, 1.807) is 18.2 Å². The van der Waals surface area contributed by atoms with Gasteiger partial charge in [0.25, 0.3) is 0 Å². The molecule has 0 bridgehead atoms. The van der Waals surface area contributed by atoms with Gasteiger partial charge in [0.15, 0.2) is 0 Å². The molecule has 0 saturated heterocycles. The second-order valence-corrected chi connectivity index (χ2v) is 5.86. The Kier molecular flexibility index (Phi) is 4.64. The van der Waals surface area contributed by atoms with Crippen LogP contribution in [0.4, 0.5) is 4.39 Å². The lowest BCUT2D eigenvalue weighted by molar-refractivity contribution is -0.121. The fourth-order valence-electron chi connectivity index (χ4n) is 1.86. The highest BCUT2D eigenvalue weighted by Crippen LogP contribution is 2.32. The molecule has 98 valence electrons. The first kappa shape index (κ1) is 13.4. The van der Waals surface area contributed by atoms with E-state index in [2.05, 4.69) is 12.2 Å². The highest BCUT2D eigenvalue weighted by molar-refractivity contribution is 7.99. The summed E-state index contributed by atoms with van der Waals surface area (Å²) in [6.07, 6.45) is 2.90. The molecule has 1 aromatic carbocycles. The lowest BCUT2D eigenvalue weighted by atomic mass is 10.2. The maximum atomic E-state index is 13.3. The summed E-state index contributed by atoms with van der Waals surface area (Å²) in [4.78, 5) is 12.3. The molecule has 2 rings (SSSR count). The topological polar surface area (TPSA) is 29.1 Å². The summed E-state index contributed by atoms with van der Waals surface area (Å²) in [5.41, 5.74) is 0. The second-order valence-electron chi connectivity index (χ2n) is 4.72. The van der Waals surface area contributed by atoms with E-state index in [-0.39, 0.29) is 17.8 Å². The SMILES string of the molecule is CC(NC(=O)CCSc1ccccc1F)C1CC1. The molecular weight excluding hydrogens is 249 g/mol. The van der Waals surface area contributed by atoms with Crippen molar-refractivity contribution in [2.24, 2.45) is 5.92 Å². The van der Waals surface area contributed by atoms with Crippen LogP contribution in [0.1, 0.15) is 26.2 Å². The van der Waals surface area contributed by atoms with Crippen LogP contribution in [-0.4, -0.2) is 17.7 Å². The number of benzene rings is 1. The summed E-state index contributed by atoms with van der Waals surface area (Å²) in [6.45, 7) is 2.06. The van der Waals surface area contributed by atoms with Crippen molar-refractivity contribution in [3.8, 4) is 0 Å². The van der Waals surface area contributed by atoms with Crippen LogP contribution >= 0.6 is 11.8 Å². The van der Waals surface area contributed by atoms with Crippen LogP contribution in [0.3, 0.4) is 0 Å². The Morgan fingerprint density at radius 3 is 2.89 bits per heavy atom. The van der Waals surface area contributed by atoms with Crippen molar-refractivity contribution >= 4 is 17.7 Å². The zero-order chi connectivity index (χ0) is 13.0. The van der Waals surface area contributed by atoms with Crippen molar-refractivity contribution in [2.45, 2.75) is 37.1 Å². The molecule has 0 aliphatic heterocycles. The van der Waals surface area contributed by atoms with Crippen molar-refractivity contribution in [2.75, 3.05) is 5.75 Å². The van der Waals surface area contributed by atoms with Gasteiger partial charge in [-0.25, -0.2) is 4.39 Å². The van der Waals surface area contributed by atoms with Gasteiger partial charge in [-0.2, -0.15) is 0 Å². The summed E-state index contributed by atoms with van der Waals surface area (Å²) >= 11 is 1.39.